The number of hydrogen-bond donors (Lipinski definition) is 1. The van der Waals surface area contributed by atoms with Crippen LogP contribution in [-0.4, -0.2) is 35.6 Å². The maximum Gasteiger partial charge on any atom is 0.537 e. The maximum absolute atomic E-state index is 12.7. The number of rotatable bonds is 6. The third-order valence-corrected chi connectivity index (χ3v) is 7.47. The molecule has 0 aromatic carbocycles. The molecule has 7 nitrogen and oxygen atoms in total. The second-order valence-corrected chi connectivity index (χ2v) is 9.21. The summed E-state index contributed by atoms with van der Waals surface area (Å²) in [5, 5.41) is 9.33. The Hall–Kier alpha value is -1.19. The fourth-order valence-electron chi connectivity index (χ4n) is 4.40. The average Bonchev–Trinajstić information content (AvgIpc) is 2.55. The number of allylic oxidation sites excluding steroid dienone is 1. The molecule has 26 heavy (non-hydrogen) atoms. The Kier molecular flexibility index (Phi) is 7.04. The van der Waals surface area contributed by atoms with Crippen LogP contribution < -0.4 is 0 Å². The van der Waals surface area contributed by atoms with Gasteiger partial charge < -0.3 is 18.7 Å². The fourth-order valence-corrected chi connectivity index (χ4v) is 5.81. The van der Waals surface area contributed by atoms with Crippen molar-refractivity contribution in [2.24, 2.45) is 11.3 Å². The van der Waals surface area contributed by atoms with Crippen molar-refractivity contribution in [2.45, 2.75) is 65.9 Å². The first-order chi connectivity index (χ1) is 12.3. The first kappa shape index (κ1) is 21.1. The third kappa shape index (κ3) is 4.20. The summed E-state index contributed by atoms with van der Waals surface area (Å²) in [5.41, 5.74) is 0.758. The van der Waals surface area contributed by atoms with Gasteiger partial charge in [0.15, 0.2) is 4.98 Å². The lowest BCUT2D eigenvalue weighted by atomic mass is 9.59. The Morgan fingerprint density at radius 2 is 2.04 bits per heavy atom. The molecule has 2 rings (SSSR count). The van der Waals surface area contributed by atoms with Crippen LogP contribution >= 0.6 is 7.57 Å². The third-order valence-electron chi connectivity index (χ3n) is 5.44. The Bertz CT molecular complexity index is 659. The highest BCUT2D eigenvalue weighted by molar-refractivity contribution is 7.64. The first-order valence-corrected chi connectivity index (χ1v) is 10.9. The van der Waals surface area contributed by atoms with Gasteiger partial charge in [-0.3, -0.25) is 0 Å². The molecule has 0 radical (unpaired) electrons. The quantitative estimate of drug-likeness (QED) is 0.318. The van der Waals surface area contributed by atoms with Crippen LogP contribution in [0.5, 0.6) is 0 Å². The molecule has 1 N–H and O–H groups in total. The molecule has 8 heteroatoms. The monoisotopic (exact) mass is 385 g/mol. The van der Waals surface area contributed by atoms with Crippen LogP contribution in [0.1, 0.15) is 59.8 Å². The number of carbonyl (C=O) groups is 1. The molecule has 0 aliphatic heterocycles. The second kappa shape index (κ2) is 8.67. The second-order valence-electron chi connectivity index (χ2n) is 7.23. The zero-order valence-electron chi connectivity index (χ0n) is 16.1. The molecule has 1 saturated carbocycles. The molecule has 2 aliphatic carbocycles. The Morgan fingerprint density at radius 3 is 2.62 bits per heavy atom. The minimum absolute atomic E-state index is 0.101. The van der Waals surface area contributed by atoms with Crippen molar-refractivity contribution in [1.82, 2.24) is 0 Å². The maximum atomic E-state index is 12.7. The summed E-state index contributed by atoms with van der Waals surface area (Å²) in [7, 11) is -3.76. The van der Waals surface area contributed by atoms with Gasteiger partial charge >= 0.3 is 19.0 Å². The van der Waals surface area contributed by atoms with E-state index in [2.05, 4.69) is 24.9 Å². The largest absolute Gasteiger partial charge is 0.537 e. The van der Waals surface area contributed by atoms with Crippen LogP contribution in [0, 0.1) is 16.7 Å². The van der Waals surface area contributed by atoms with Crippen molar-refractivity contribution < 1.29 is 23.5 Å². The van der Waals surface area contributed by atoms with Gasteiger partial charge in [0, 0.05) is 5.92 Å². The van der Waals surface area contributed by atoms with E-state index in [0.717, 1.165) is 32.1 Å². The van der Waals surface area contributed by atoms with Crippen molar-refractivity contribution in [3.8, 4) is 0 Å². The number of nitrogens with zero attached hydrogens (tertiary/aromatic N) is 2. The number of esters is 1. The molecule has 0 spiro atoms. The predicted octanol–water partition coefficient (Wildman–Crippen LogP) is 4.26. The molecule has 1 fully saturated rings. The van der Waals surface area contributed by atoms with Crippen LogP contribution in [0.4, 0.5) is 0 Å². The van der Waals surface area contributed by atoms with E-state index < -0.39 is 19.0 Å². The number of fused-ring (bicyclic) bond motifs is 1. The van der Waals surface area contributed by atoms with Gasteiger partial charge in [-0.25, -0.2) is 4.79 Å². The predicted molar refractivity (Wildman–Crippen MR) is 101 cm³/mol. The van der Waals surface area contributed by atoms with E-state index in [0.29, 0.717) is 0 Å². The summed E-state index contributed by atoms with van der Waals surface area (Å²) < 4.78 is 16.2. The standard InChI is InChI=1S/C18H29N2O5P/c1-5-23-26(22,24-6-2)16(20-19)17(21)25-14-10-8-12-18(4)11-7-9-13(3)15(14)18/h9,14-15H,5-8,10-12H2,1-4H3/p+1/t14-,15-,18+/m0/s1. The number of diazo groups is 1. The molecule has 0 heterocycles. The summed E-state index contributed by atoms with van der Waals surface area (Å²) in [6.07, 6.45) is 6.83. The Labute approximate surface area is 155 Å². The van der Waals surface area contributed by atoms with Gasteiger partial charge in [0.2, 0.25) is 5.39 Å². The van der Waals surface area contributed by atoms with E-state index in [1.165, 1.54) is 5.57 Å². The van der Waals surface area contributed by atoms with Crippen LogP contribution in [0.3, 0.4) is 0 Å². The molecular weight excluding hydrogens is 355 g/mol. The van der Waals surface area contributed by atoms with Crippen molar-refractivity contribution in [1.29, 1.82) is 5.39 Å². The van der Waals surface area contributed by atoms with Gasteiger partial charge in [0.25, 0.3) is 0 Å². The lowest BCUT2D eigenvalue weighted by molar-refractivity contribution is -0.148. The molecule has 0 saturated heterocycles. The Balaban J connectivity index is 2.31. The zero-order valence-corrected chi connectivity index (χ0v) is 17.0. The van der Waals surface area contributed by atoms with Crippen molar-refractivity contribution in [3.63, 3.8) is 0 Å². The van der Waals surface area contributed by atoms with E-state index in [1.54, 1.807) is 13.8 Å². The normalized spacial score (nSPS) is 28.5. The minimum atomic E-state index is -3.76. The lowest BCUT2D eigenvalue weighted by Crippen LogP contribution is -2.45. The summed E-state index contributed by atoms with van der Waals surface area (Å²) in [6.45, 7) is 7.88. The lowest BCUT2D eigenvalue weighted by Gasteiger charge is -2.48. The Morgan fingerprint density at radius 1 is 1.38 bits per heavy atom. The highest BCUT2D eigenvalue weighted by Crippen LogP contribution is 2.52. The van der Waals surface area contributed by atoms with Gasteiger partial charge in [-0.05, 0) is 58.3 Å². The molecule has 0 unspecified atom stereocenters. The van der Waals surface area contributed by atoms with Crippen molar-refractivity contribution in [3.05, 3.63) is 16.6 Å². The van der Waals surface area contributed by atoms with Gasteiger partial charge in [-0.1, -0.05) is 18.6 Å². The molecule has 0 aromatic heterocycles. The number of hydrogen-bond acceptors (Lipinski definition) is 6. The average molecular weight is 385 g/mol. The summed E-state index contributed by atoms with van der Waals surface area (Å²) in [4.78, 5) is 26.2. The van der Waals surface area contributed by atoms with Gasteiger partial charge in [-0.15, -0.1) is 0 Å². The van der Waals surface area contributed by atoms with Crippen molar-refractivity contribution >= 4 is 19.0 Å². The van der Waals surface area contributed by atoms with Gasteiger partial charge in [0.1, 0.15) is 6.10 Å². The number of carbonyl (C=O) groups excluding carboxylic acids is 1. The van der Waals surface area contributed by atoms with Gasteiger partial charge in [-0.2, -0.15) is 0 Å². The van der Waals surface area contributed by atoms with Crippen LogP contribution in [0.25, 0.3) is 4.98 Å². The molecule has 0 aromatic rings. The highest BCUT2D eigenvalue weighted by Gasteiger charge is 2.49. The van der Waals surface area contributed by atoms with E-state index >= 15 is 0 Å². The van der Waals surface area contributed by atoms with E-state index in [-0.39, 0.29) is 30.7 Å². The van der Waals surface area contributed by atoms with Gasteiger partial charge in [0.05, 0.1) is 13.2 Å². The summed E-state index contributed by atoms with van der Waals surface area (Å²) in [5.74, 6) is -0.739. The molecule has 0 bridgehead atoms. The topological polar surface area (TPSA) is 93.1 Å². The van der Waals surface area contributed by atoms with Crippen molar-refractivity contribution in [2.75, 3.05) is 13.2 Å². The first-order valence-electron chi connectivity index (χ1n) is 9.32. The summed E-state index contributed by atoms with van der Waals surface area (Å²) >= 11 is 0. The van der Waals surface area contributed by atoms with Crippen LogP contribution in [-0.2, 0) is 18.6 Å². The highest BCUT2D eigenvalue weighted by atomic mass is 31.2. The minimum Gasteiger partial charge on any atom is -0.452 e. The number of ether oxygens (including phenoxy) is 1. The molecular formula is C18H30N2O5P+. The SMILES string of the molecule is CCOP(O)(OCC)=C([N+]#N)C(=O)O[C@H]1CCC[C@@]2(C)CCC=C(C)[C@@H]12. The zero-order chi connectivity index (χ0) is 19.4. The van der Waals surface area contributed by atoms with Crippen LogP contribution in [0.2, 0.25) is 0 Å². The van der Waals surface area contributed by atoms with Crippen LogP contribution in [0.15, 0.2) is 11.6 Å². The molecule has 2 aliphatic rings. The molecule has 3 atom stereocenters. The van der Waals surface area contributed by atoms with E-state index in [1.807, 2.05) is 0 Å². The molecule has 146 valence electrons. The summed E-state index contributed by atoms with van der Waals surface area (Å²) in [6, 6.07) is 0. The molecule has 0 amide bonds. The van der Waals surface area contributed by atoms with E-state index in [9.17, 15) is 15.1 Å². The van der Waals surface area contributed by atoms with E-state index in [4.69, 9.17) is 13.8 Å². The fraction of sp³-hybridized carbons (Fsp3) is 0.778. The smallest absolute Gasteiger partial charge is 0.452 e.